The average Bonchev–Trinajstić information content (AvgIpc) is 3.27. The molecule has 0 radical (unpaired) electrons. The van der Waals surface area contributed by atoms with E-state index < -0.39 is 0 Å². The van der Waals surface area contributed by atoms with E-state index in [9.17, 15) is 0 Å². The molecule has 0 fully saturated rings. The second-order valence-corrected chi connectivity index (χ2v) is 6.64. The lowest BCUT2D eigenvalue weighted by Gasteiger charge is -2.24. The Morgan fingerprint density at radius 1 is 1.08 bits per heavy atom. The van der Waals surface area contributed by atoms with Gasteiger partial charge in [0.15, 0.2) is 11.5 Å². The maximum absolute atomic E-state index is 4.74. The number of rotatable bonds is 3. The van der Waals surface area contributed by atoms with E-state index in [1.807, 2.05) is 60.4 Å². The fourth-order valence-electron chi connectivity index (χ4n) is 3.67. The number of nitrogens with zero attached hydrogens (tertiary/aromatic N) is 6. The van der Waals surface area contributed by atoms with Crippen LogP contribution in [0.25, 0.3) is 17.0 Å². The summed E-state index contributed by atoms with van der Waals surface area (Å²) in [6.45, 7) is 0. The van der Waals surface area contributed by atoms with Crippen LogP contribution in [0.4, 0.5) is 5.82 Å². The van der Waals surface area contributed by atoms with Gasteiger partial charge < -0.3 is 5.32 Å². The van der Waals surface area contributed by atoms with Crippen LogP contribution in [0.5, 0.6) is 0 Å². The van der Waals surface area contributed by atoms with Crippen molar-refractivity contribution >= 4 is 11.5 Å². The molecule has 0 spiro atoms. The van der Waals surface area contributed by atoms with Gasteiger partial charge >= 0.3 is 0 Å². The molecule has 0 saturated carbocycles. The van der Waals surface area contributed by atoms with Crippen LogP contribution in [0.15, 0.2) is 48.7 Å². The molecule has 3 aromatic heterocycles. The molecule has 0 bridgehead atoms. The largest absolute Gasteiger partial charge is 0.362 e. The molecule has 0 aliphatic heterocycles. The molecular weight excluding hydrogens is 326 g/mol. The van der Waals surface area contributed by atoms with Crippen LogP contribution in [-0.4, -0.2) is 29.6 Å². The fraction of sp³-hybridized carbons (Fsp3) is 0.263. The van der Waals surface area contributed by atoms with Crippen LogP contribution in [0.2, 0.25) is 0 Å². The van der Waals surface area contributed by atoms with Crippen LogP contribution in [0.1, 0.15) is 30.1 Å². The quantitative estimate of drug-likeness (QED) is 0.618. The second kappa shape index (κ2) is 5.94. The molecule has 1 N–H and O–H groups in total. The summed E-state index contributed by atoms with van der Waals surface area (Å²) in [5.74, 6) is 1.56. The van der Waals surface area contributed by atoms with Gasteiger partial charge in [-0.15, -0.1) is 15.3 Å². The molecule has 1 atom stereocenters. The highest BCUT2D eigenvalue weighted by atomic mass is 15.4. The van der Waals surface area contributed by atoms with Gasteiger partial charge in [0.05, 0.1) is 12.2 Å². The third-order valence-corrected chi connectivity index (χ3v) is 4.99. The smallest absolute Gasteiger partial charge is 0.185 e. The van der Waals surface area contributed by atoms with E-state index in [0.717, 1.165) is 42.1 Å². The Kier molecular flexibility index (Phi) is 3.44. The minimum atomic E-state index is 0.231. The zero-order chi connectivity index (χ0) is 17.5. The van der Waals surface area contributed by atoms with Gasteiger partial charge in [-0.25, -0.2) is 0 Å². The SMILES string of the molecule is Cn1ncc2c1CCC[C@@H]2Nc1ccc2nnc(-c3ccccc3)n2n1. The molecule has 0 unspecified atom stereocenters. The highest BCUT2D eigenvalue weighted by Crippen LogP contribution is 2.31. The van der Waals surface area contributed by atoms with E-state index in [2.05, 4.69) is 20.6 Å². The van der Waals surface area contributed by atoms with E-state index in [1.54, 1.807) is 4.52 Å². The molecule has 7 nitrogen and oxygen atoms in total. The van der Waals surface area contributed by atoms with E-state index >= 15 is 0 Å². The number of hydrogen-bond donors (Lipinski definition) is 1. The Hall–Kier alpha value is -3.22. The van der Waals surface area contributed by atoms with E-state index in [4.69, 9.17) is 5.10 Å². The van der Waals surface area contributed by atoms with Crippen molar-refractivity contribution in [3.63, 3.8) is 0 Å². The van der Waals surface area contributed by atoms with Gasteiger partial charge in [0.2, 0.25) is 0 Å². The molecule has 7 heteroatoms. The van der Waals surface area contributed by atoms with Crippen molar-refractivity contribution in [2.24, 2.45) is 7.05 Å². The Labute approximate surface area is 150 Å². The topological polar surface area (TPSA) is 72.9 Å². The molecule has 3 heterocycles. The maximum Gasteiger partial charge on any atom is 0.185 e. The Bertz CT molecular complexity index is 1060. The highest BCUT2D eigenvalue weighted by Gasteiger charge is 2.23. The summed E-state index contributed by atoms with van der Waals surface area (Å²) in [6, 6.07) is 14.1. The second-order valence-electron chi connectivity index (χ2n) is 6.64. The van der Waals surface area contributed by atoms with Crippen LogP contribution in [0, 0.1) is 0 Å². The zero-order valence-corrected chi connectivity index (χ0v) is 14.5. The van der Waals surface area contributed by atoms with E-state index in [-0.39, 0.29) is 6.04 Å². The highest BCUT2D eigenvalue weighted by molar-refractivity contribution is 5.59. The lowest BCUT2D eigenvalue weighted by atomic mass is 9.93. The molecule has 0 amide bonds. The van der Waals surface area contributed by atoms with Crippen LogP contribution in [-0.2, 0) is 13.5 Å². The average molecular weight is 345 g/mol. The van der Waals surface area contributed by atoms with Crippen molar-refractivity contribution in [2.45, 2.75) is 25.3 Å². The summed E-state index contributed by atoms with van der Waals surface area (Å²) in [6.07, 6.45) is 5.28. The van der Waals surface area contributed by atoms with Crippen molar-refractivity contribution in [1.82, 2.24) is 29.6 Å². The monoisotopic (exact) mass is 345 g/mol. The van der Waals surface area contributed by atoms with Crippen molar-refractivity contribution in [3.05, 3.63) is 59.9 Å². The van der Waals surface area contributed by atoms with Crippen LogP contribution >= 0.6 is 0 Å². The Balaban J connectivity index is 1.51. The predicted molar refractivity (Wildman–Crippen MR) is 98.7 cm³/mol. The summed E-state index contributed by atoms with van der Waals surface area (Å²) in [4.78, 5) is 0. The summed E-state index contributed by atoms with van der Waals surface area (Å²) in [5, 5.41) is 21.3. The van der Waals surface area contributed by atoms with Gasteiger partial charge in [-0.3, -0.25) is 4.68 Å². The predicted octanol–water partition coefficient (Wildman–Crippen LogP) is 3.01. The number of anilines is 1. The first-order chi connectivity index (χ1) is 12.8. The fourth-order valence-corrected chi connectivity index (χ4v) is 3.67. The van der Waals surface area contributed by atoms with Gasteiger partial charge in [-0.05, 0) is 31.4 Å². The third-order valence-electron chi connectivity index (χ3n) is 4.99. The lowest BCUT2D eigenvalue weighted by Crippen LogP contribution is -2.18. The number of hydrogen-bond acceptors (Lipinski definition) is 5. The minimum Gasteiger partial charge on any atom is -0.362 e. The summed E-state index contributed by atoms with van der Waals surface area (Å²) in [7, 11) is 2.01. The summed E-state index contributed by atoms with van der Waals surface area (Å²) < 4.78 is 3.78. The normalized spacial score (nSPS) is 16.6. The first-order valence-electron chi connectivity index (χ1n) is 8.85. The Morgan fingerprint density at radius 3 is 2.85 bits per heavy atom. The number of aryl methyl sites for hydroxylation is 1. The van der Waals surface area contributed by atoms with Gasteiger partial charge in [-0.1, -0.05) is 30.3 Å². The lowest BCUT2D eigenvalue weighted by molar-refractivity contribution is 0.569. The zero-order valence-electron chi connectivity index (χ0n) is 14.5. The van der Waals surface area contributed by atoms with E-state index in [0.29, 0.717) is 0 Å². The maximum atomic E-state index is 4.74. The van der Waals surface area contributed by atoms with Crippen molar-refractivity contribution in [3.8, 4) is 11.4 Å². The molecule has 4 aromatic rings. The van der Waals surface area contributed by atoms with Gasteiger partial charge in [0, 0.05) is 23.9 Å². The Morgan fingerprint density at radius 2 is 1.96 bits per heavy atom. The van der Waals surface area contributed by atoms with Crippen molar-refractivity contribution < 1.29 is 0 Å². The van der Waals surface area contributed by atoms with Crippen LogP contribution in [0.3, 0.4) is 0 Å². The molecule has 26 heavy (non-hydrogen) atoms. The van der Waals surface area contributed by atoms with Gasteiger partial charge in [0.1, 0.15) is 5.82 Å². The first-order valence-corrected chi connectivity index (χ1v) is 8.85. The minimum absolute atomic E-state index is 0.231. The van der Waals surface area contributed by atoms with E-state index in [1.165, 1.54) is 11.3 Å². The van der Waals surface area contributed by atoms with Crippen molar-refractivity contribution in [2.75, 3.05) is 5.32 Å². The molecule has 1 aliphatic carbocycles. The standard InChI is InChI=1S/C19H19N7/c1-25-16-9-5-8-15(14(16)12-20-25)21-17-10-11-18-22-23-19(26(18)24-17)13-6-3-2-4-7-13/h2-4,6-7,10-12,15H,5,8-9H2,1H3,(H,21,24)/t15-/m0/s1. The summed E-state index contributed by atoms with van der Waals surface area (Å²) >= 11 is 0. The molecular formula is C19H19N7. The number of fused-ring (bicyclic) bond motifs is 2. The number of aromatic nitrogens is 6. The molecule has 1 aromatic carbocycles. The van der Waals surface area contributed by atoms with Gasteiger partial charge in [0.25, 0.3) is 0 Å². The molecule has 1 aliphatic rings. The number of benzene rings is 1. The summed E-state index contributed by atoms with van der Waals surface area (Å²) in [5.41, 5.74) is 4.31. The molecule has 5 rings (SSSR count). The van der Waals surface area contributed by atoms with Gasteiger partial charge in [-0.2, -0.15) is 9.61 Å². The molecule has 0 saturated heterocycles. The first kappa shape index (κ1) is 15.1. The van der Waals surface area contributed by atoms with Crippen LogP contribution < -0.4 is 5.32 Å². The van der Waals surface area contributed by atoms with Crippen molar-refractivity contribution in [1.29, 1.82) is 0 Å². The number of nitrogens with one attached hydrogen (secondary N) is 1. The molecule has 130 valence electrons. The third kappa shape index (κ3) is 2.44.